The highest BCUT2D eigenvalue weighted by molar-refractivity contribution is 6.03. The Morgan fingerprint density at radius 3 is 2.16 bits per heavy atom. The quantitative estimate of drug-likeness (QED) is 0.566. The van der Waals surface area contributed by atoms with E-state index in [0.717, 1.165) is 5.69 Å². The van der Waals surface area contributed by atoms with Crippen LogP contribution < -0.4 is 10.4 Å². The fourth-order valence-corrected chi connectivity index (χ4v) is 3.51. The van der Waals surface area contributed by atoms with Crippen LogP contribution in [0, 0.1) is 0 Å². The smallest absolute Gasteiger partial charge is 0.374 e. The van der Waals surface area contributed by atoms with Crippen LogP contribution in [0.5, 0.6) is 0 Å². The average Bonchev–Trinajstić information content (AvgIpc) is 3.27. The maximum Gasteiger partial charge on any atom is 0.435 e. The van der Waals surface area contributed by atoms with E-state index in [-0.39, 0.29) is 17.2 Å². The zero-order valence-electron chi connectivity index (χ0n) is 17.1. The number of rotatable bonds is 5. The number of alkyl halides is 3. The highest BCUT2D eigenvalue weighted by Crippen LogP contribution is 2.48. The lowest BCUT2D eigenvalue weighted by molar-refractivity contribution is -0.275. The molecule has 1 amide bonds. The largest absolute Gasteiger partial charge is 0.435 e. The number of hydrogen-bond donors (Lipinski definition) is 1. The van der Waals surface area contributed by atoms with E-state index in [2.05, 4.69) is 10.6 Å². The molecule has 1 heterocycles. The van der Waals surface area contributed by atoms with Crippen LogP contribution in [0.25, 0.3) is 0 Å². The SMILES string of the molecule is CN(NC(=O)c1ccc(C2=NOC(c3ccccc3)(C(F)(F)F)C2)cc1)c1ccccc1. The number of carbonyl (C=O) groups is 1. The van der Waals surface area contributed by atoms with E-state index in [1.54, 1.807) is 42.4 Å². The van der Waals surface area contributed by atoms with Crippen molar-refractivity contribution in [1.82, 2.24) is 5.43 Å². The summed E-state index contributed by atoms with van der Waals surface area (Å²) in [6, 6.07) is 23.0. The van der Waals surface area contributed by atoms with Gasteiger partial charge in [0.25, 0.3) is 11.5 Å². The summed E-state index contributed by atoms with van der Waals surface area (Å²) in [6.45, 7) is 0. The zero-order chi connectivity index (χ0) is 22.8. The molecule has 32 heavy (non-hydrogen) atoms. The van der Waals surface area contributed by atoms with Crippen molar-refractivity contribution in [3.8, 4) is 0 Å². The molecule has 5 nitrogen and oxygen atoms in total. The number of amides is 1. The Kier molecular flexibility index (Phi) is 5.61. The summed E-state index contributed by atoms with van der Waals surface area (Å²) in [5.41, 5.74) is 2.00. The van der Waals surface area contributed by atoms with Crippen LogP contribution in [0.1, 0.15) is 27.9 Å². The van der Waals surface area contributed by atoms with Crippen LogP contribution in [-0.4, -0.2) is 24.8 Å². The summed E-state index contributed by atoms with van der Waals surface area (Å²) in [6.07, 6.45) is -5.11. The molecule has 0 spiro atoms. The van der Waals surface area contributed by atoms with Gasteiger partial charge in [0, 0.05) is 24.6 Å². The predicted molar refractivity (Wildman–Crippen MR) is 115 cm³/mol. The third kappa shape index (κ3) is 4.03. The number of nitrogens with one attached hydrogen (secondary N) is 1. The molecule has 1 aliphatic heterocycles. The molecule has 1 N–H and O–H groups in total. The summed E-state index contributed by atoms with van der Waals surface area (Å²) < 4.78 is 41.9. The van der Waals surface area contributed by atoms with Gasteiger partial charge in [-0.15, -0.1) is 0 Å². The fraction of sp³-hybridized carbons (Fsp3) is 0.167. The van der Waals surface area contributed by atoms with Gasteiger partial charge < -0.3 is 4.84 Å². The Morgan fingerprint density at radius 1 is 0.969 bits per heavy atom. The number of carbonyl (C=O) groups excluding carboxylic acids is 1. The van der Waals surface area contributed by atoms with E-state index in [1.807, 2.05) is 30.3 Å². The number of oxime groups is 1. The Morgan fingerprint density at radius 2 is 1.56 bits per heavy atom. The zero-order valence-corrected chi connectivity index (χ0v) is 17.1. The highest BCUT2D eigenvalue weighted by atomic mass is 19.4. The minimum atomic E-state index is -4.65. The first-order valence-corrected chi connectivity index (χ1v) is 9.88. The fourth-order valence-electron chi connectivity index (χ4n) is 3.51. The first kappa shape index (κ1) is 21.4. The lowest BCUT2D eigenvalue weighted by atomic mass is 9.86. The molecule has 8 heteroatoms. The molecule has 0 saturated heterocycles. The van der Waals surface area contributed by atoms with Crippen LogP contribution in [0.15, 0.2) is 90.1 Å². The second kappa shape index (κ2) is 8.37. The van der Waals surface area contributed by atoms with Gasteiger partial charge in [0.05, 0.1) is 11.4 Å². The van der Waals surface area contributed by atoms with E-state index in [9.17, 15) is 18.0 Å². The Balaban J connectivity index is 1.49. The van der Waals surface area contributed by atoms with E-state index >= 15 is 0 Å². The number of halogens is 3. The van der Waals surface area contributed by atoms with Gasteiger partial charge >= 0.3 is 6.18 Å². The molecule has 4 rings (SSSR count). The standard InChI is InChI=1S/C24H20F3N3O2/c1-30(20-10-6-3-7-11-20)28-22(31)18-14-12-17(13-15-18)21-16-23(32-29-21,24(25,26)27)19-8-4-2-5-9-19/h2-15H,16H2,1H3,(H,28,31). The van der Waals surface area contributed by atoms with Crippen molar-refractivity contribution in [3.05, 3.63) is 102 Å². The molecular formula is C24H20F3N3O2. The second-order valence-corrected chi connectivity index (χ2v) is 7.41. The monoisotopic (exact) mass is 439 g/mol. The highest BCUT2D eigenvalue weighted by Gasteiger charge is 2.62. The van der Waals surface area contributed by atoms with Crippen LogP contribution >= 0.6 is 0 Å². The third-order valence-corrected chi connectivity index (χ3v) is 5.32. The van der Waals surface area contributed by atoms with Gasteiger partial charge in [0.1, 0.15) is 0 Å². The molecule has 3 aromatic rings. The molecular weight excluding hydrogens is 419 g/mol. The third-order valence-electron chi connectivity index (χ3n) is 5.32. The van der Waals surface area contributed by atoms with Crippen molar-refractivity contribution >= 4 is 17.3 Å². The number of nitrogens with zero attached hydrogens (tertiary/aromatic N) is 2. The van der Waals surface area contributed by atoms with Gasteiger partial charge in [-0.1, -0.05) is 65.8 Å². The van der Waals surface area contributed by atoms with Crippen molar-refractivity contribution in [2.45, 2.75) is 18.2 Å². The van der Waals surface area contributed by atoms with Crippen molar-refractivity contribution in [1.29, 1.82) is 0 Å². The van der Waals surface area contributed by atoms with E-state index < -0.39 is 18.2 Å². The topological polar surface area (TPSA) is 53.9 Å². The molecule has 0 aliphatic carbocycles. The molecule has 1 unspecified atom stereocenters. The van der Waals surface area contributed by atoms with Crippen LogP contribution in [0.2, 0.25) is 0 Å². The van der Waals surface area contributed by atoms with Crippen molar-refractivity contribution in [2.75, 3.05) is 12.1 Å². The minimum absolute atomic E-state index is 0.00815. The minimum Gasteiger partial charge on any atom is -0.374 e. The summed E-state index contributed by atoms with van der Waals surface area (Å²) in [5, 5.41) is 5.34. The summed E-state index contributed by atoms with van der Waals surface area (Å²) >= 11 is 0. The van der Waals surface area contributed by atoms with Crippen LogP contribution in [0.3, 0.4) is 0 Å². The van der Waals surface area contributed by atoms with E-state index in [1.165, 1.54) is 24.3 Å². The number of benzene rings is 3. The van der Waals surface area contributed by atoms with Gasteiger partial charge in [-0.3, -0.25) is 15.2 Å². The summed E-state index contributed by atoms with van der Waals surface area (Å²) in [5.74, 6) is -0.346. The Bertz CT molecular complexity index is 1120. The van der Waals surface area contributed by atoms with E-state index in [0.29, 0.717) is 11.1 Å². The Hall–Kier alpha value is -3.81. The maximum absolute atomic E-state index is 14.0. The number of hydrazine groups is 1. The van der Waals surface area contributed by atoms with Gasteiger partial charge in [-0.2, -0.15) is 13.2 Å². The molecule has 0 bridgehead atoms. The molecule has 0 aromatic heterocycles. The second-order valence-electron chi connectivity index (χ2n) is 7.41. The molecule has 1 aliphatic rings. The van der Waals surface area contributed by atoms with E-state index in [4.69, 9.17) is 4.84 Å². The van der Waals surface area contributed by atoms with Crippen molar-refractivity contribution < 1.29 is 22.8 Å². The van der Waals surface area contributed by atoms with Crippen molar-refractivity contribution in [3.63, 3.8) is 0 Å². The van der Waals surface area contributed by atoms with Gasteiger partial charge in [-0.25, -0.2) is 0 Å². The van der Waals surface area contributed by atoms with Crippen molar-refractivity contribution in [2.24, 2.45) is 5.16 Å². The molecule has 164 valence electrons. The molecule has 0 fully saturated rings. The molecule has 3 aromatic carbocycles. The number of para-hydroxylation sites is 1. The lowest BCUT2D eigenvalue weighted by Crippen LogP contribution is -2.42. The first-order valence-electron chi connectivity index (χ1n) is 9.88. The van der Waals surface area contributed by atoms with Crippen LogP contribution in [-0.2, 0) is 10.4 Å². The number of hydrogen-bond acceptors (Lipinski definition) is 4. The van der Waals surface area contributed by atoms with Gasteiger partial charge in [0.15, 0.2) is 0 Å². The summed E-state index contributed by atoms with van der Waals surface area (Å²) in [4.78, 5) is 17.5. The first-order chi connectivity index (χ1) is 15.3. The maximum atomic E-state index is 14.0. The predicted octanol–water partition coefficient (Wildman–Crippen LogP) is 5.05. The molecule has 1 atom stereocenters. The molecule has 0 saturated carbocycles. The van der Waals surface area contributed by atoms with Gasteiger partial charge in [-0.05, 0) is 29.8 Å². The van der Waals surface area contributed by atoms with Crippen LogP contribution in [0.4, 0.5) is 18.9 Å². The number of anilines is 1. The lowest BCUT2D eigenvalue weighted by Gasteiger charge is -2.29. The van der Waals surface area contributed by atoms with Gasteiger partial charge in [0.2, 0.25) is 0 Å². The Labute approximate surface area is 183 Å². The molecule has 0 radical (unpaired) electrons. The average molecular weight is 439 g/mol. The summed E-state index contributed by atoms with van der Waals surface area (Å²) in [7, 11) is 1.71. The normalized spacial score (nSPS) is 17.9.